The van der Waals surface area contributed by atoms with Crippen molar-refractivity contribution in [2.75, 3.05) is 33.2 Å². The van der Waals surface area contributed by atoms with Gasteiger partial charge in [-0.3, -0.25) is 4.79 Å². The molecule has 0 aliphatic rings. The normalized spacial score (nSPS) is 11.8. The van der Waals surface area contributed by atoms with Crippen LogP contribution in [0.2, 0.25) is 0 Å². The molecule has 0 radical (unpaired) electrons. The highest BCUT2D eigenvalue weighted by atomic mass is 32.1. The van der Waals surface area contributed by atoms with E-state index in [0.717, 1.165) is 16.8 Å². The maximum absolute atomic E-state index is 12.8. The number of methoxy groups -OCH3 is 2. The highest BCUT2D eigenvalue weighted by Crippen LogP contribution is 2.31. The standard InChI is InChI=1S/C21H20N4O3S/c1-24(2)15-8-5-13(6-9-15)11-18-20(26)25-21(29-18)22-19(23-25)14-7-10-16(27-3)17(12-14)28-4/h5-12H,1-4H3/b18-11+. The minimum Gasteiger partial charge on any atom is -0.493 e. The fourth-order valence-electron chi connectivity index (χ4n) is 2.95. The molecule has 0 amide bonds. The van der Waals surface area contributed by atoms with Gasteiger partial charge in [0.05, 0.1) is 18.8 Å². The van der Waals surface area contributed by atoms with Crippen molar-refractivity contribution in [2.45, 2.75) is 0 Å². The van der Waals surface area contributed by atoms with Gasteiger partial charge >= 0.3 is 0 Å². The first-order valence-corrected chi connectivity index (χ1v) is 9.73. The van der Waals surface area contributed by atoms with E-state index in [1.165, 1.54) is 15.9 Å². The van der Waals surface area contributed by atoms with E-state index >= 15 is 0 Å². The molecule has 2 aromatic heterocycles. The Labute approximate surface area is 171 Å². The number of thiazole rings is 1. The highest BCUT2D eigenvalue weighted by molar-refractivity contribution is 7.15. The first kappa shape index (κ1) is 18.9. The lowest BCUT2D eigenvalue weighted by molar-refractivity contribution is 0.355. The number of rotatable bonds is 5. The Balaban J connectivity index is 1.72. The van der Waals surface area contributed by atoms with Gasteiger partial charge in [-0.15, -0.1) is 5.10 Å². The molecule has 0 saturated heterocycles. The molecular weight excluding hydrogens is 388 g/mol. The molecule has 0 spiro atoms. The molecule has 8 heteroatoms. The smallest absolute Gasteiger partial charge is 0.291 e. The molecule has 29 heavy (non-hydrogen) atoms. The average molecular weight is 408 g/mol. The van der Waals surface area contributed by atoms with Crippen LogP contribution in [0.4, 0.5) is 5.69 Å². The van der Waals surface area contributed by atoms with E-state index in [-0.39, 0.29) is 5.56 Å². The summed E-state index contributed by atoms with van der Waals surface area (Å²) in [5.74, 6) is 1.68. The largest absolute Gasteiger partial charge is 0.493 e. The summed E-state index contributed by atoms with van der Waals surface area (Å²) < 4.78 is 12.5. The van der Waals surface area contributed by atoms with Gasteiger partial charge in [0.1, 0.15) is 0 Å². The van der Waals surface area contributed by atoms with Gasteiger partial charge in [-0.05, 0) is 42.0 Å². The van der Waals surface area contributed by atoms with Crippen molar-refractivity contribution in [3.05, 3.63) is 62.9 Å². The molecule has 4 aromatic rings. The van der Waals surface area contributed by atoms with Gasteiger partial charge in [0.25, 0.3) is 5.56 Å². The van der Waals surface area contributed by atoms with Crippen LogP contribution in [0.1, 0.15) is 5.56 Å². The van der Waals surface area contributed by atoms with Crippen molar-refractivity contribution < 1.29 is 9.47 Å². The molecule has 0 aliphatic carbocycles. The fraction of sp³-hybridized carbons (Fsp3) is 0.190. The van der Waals surface area contributed by atoms with E-state index in [0.29, 0.717) is 26.8 Å². The fourth-order valence-corrected chi connectivity index (χ4v) is 3.86. The molecule has 0 atom stereocenters. The third-order valence-electron chi connectivity index (χ3n) is 4.53. The van der Waals surface area contributed by atoms with Gasteiger partial charge in [0, 0.05) is 25.3 Å². The first-order valence-electron chi connectivity index (χ1n) is 8.91. The molecule has 0 bridgehead atoms. The van der Waals surface area contributed by atoms with Crippen LogP contribution in [0.25, 0.3) is 22.4 Å². The zero-order valence-electron chi connectivity index (χ0n) is 16.5. The van der Waals surface area contributed by atoms with Crippen molar-refractivity contribution in [1.82, 2.24) is 14.6 Å². The summed E-state index contributed by atoms with van der Waals surface area (Å²) in [6.07, 6.45) is 1.86. The first-order chi connectivity index (χ1) is 14.0. The lowest BCUT2D eigenvalue weighted by Gasteiger charge is -2.11. The summed E-state index contributed by atoms with van der Waals surface area (Å²) in [5.41, 5.74) is 2.63. The van der Waals surface area contributed by atoms with E-state index in [2.05, 4.69) is 10.1 Å². The molecule has 148 valence electrons. The van der Waals surface area contributed by atoms with Gasteiger partial charge in [-0.2, -0.15) is 9.50 Å². The van der Waals surface area contributed by atoms with Crippen LogP contribution >= 0.6 is 11.3 Å². The SMILES string of the molecule is COc1ccc(-c2nc3s/c(=C/c4ccc(N(C)C)cc4)c(=O)n3n2)cc1OC. The van der Waals surface area contributed by atoms with Gasteiger partial charge < -0.3 is 14.4 Å². The van der Waals surface area contributed by atoms with Gasteiger partial charge in [-0.25, -0.2) is 0 Å². The number of ether oxygens (including phenoxy) is 2. The second kappa shape index (κ2) is 7.56. The van der Waals surface area contributed by atoms with E-state index in [4.69, 9.17) is 9.47 Å². The molecule has 2 aromatic carbocycles. The Morgan fingerprint density at radius 3 is 2.38 bits per heavy atom. The Morgan fingerprint density at radius 2 is 1.76 bits per heavy atom. The number of aromatic nitrogens is 3. The van der Waals surface area contributed by atoms with Gasteiger partial charge in [0.2, 0.25) is 4.96 Å². The number of fused-ring (bicyclic) bond motifs is 1. The van der Waals surface area contributed by atoms with Crippen LogP contribution in [0.5, 0.6) is 11.5 Å². The second-order valence-electron chi connectivity index (χ2n) is 6.60. The van der Waals surface area contributed by atoms with Crippen LogP contribution < -0.4 is 24.5 Å². The molecular formula is C21H20N4O3S. The van der Waals surface area contributed by atoms with E-state index in [1.54, 1.807) is 26.4 Å². The molecule has 0 fully saturated rings. The molecule has 0 aliphatic heterocycles. The van der Waals surface area contributed by atoms with Crippen molar-refractivity contribution in [2.24, 2.45) is 0 Å². The van der Waals surface area contributed by atoms with Crippen molar-refractivity contribution in [3.8, 4) is 22.9 Å². The Hall–Kier alpha value is -3.39. The Morgan fingerprint density at radius 1 is 1.03 bits per heavy atom. The number of nitrogens with zero attached hydrogens (tertiary/aromatic N) is 4. The van der Waals surface area contributed by atoms with Crippen molar-refractivity contribution in [1.29, 1.82) is 0 Å². The summed E-state index contributed by atoms with van der Waals surface area (Å²) in [4.78, 5) is 19.9. The highest BCUT2D eigenvalue weighted by Gasteiger charge is 2.14. The zero-order valence-corrected chi connectivity index (χ0v) is 17.4. The Kier molecular flexibility index (Phi) is 4.94. The van der Waals surface area contributed by atoms with Crippen LogP contribution in [-0.4, -0.2) is 42.9 Å². The molecule has 2 heterocycles. The third-order valence-corrected chi connectivity index (χ3v) is 5.49. The molecule has 4 rings (SSSR count). The lowest BCUT2D eigenvalue weighted by atomic mass is 10.2. The second-order valence-corrected chi connectivity index (χ2v) is 7.61. The molecule has 0 N–H and O–H groups in total. The van der Waals surface area contributed by atoms with Crippen LogP contribution in [0.3, 0.4) is 0 Å². The molecule has 0 unspecified atom stereocenters. The Bertz CT molecular complexity index is 1280. The summed E-state index contributed by atoms with van der Waals surface area (Å²) >= 11 is 1.32. The summed E-state index contributed by atoms with van der Waals surface area (Å²) in [5, 5.41) is 4.39. The third kappa shape index (κ3) is 3.54. The van der Waals surface area contributed by atoms with Crippen LogP contribution in [-0.2, 0) is 0 Å². The van der Waals surface area contributed by atoms with E-state index in [9.17, 15) is 4.79 Å². The molecule has 0 saturated carbocycles. The average Bonchev–Trinajstić information content (AvgIpc) is 3.27. The van der Waals surface area contributed by atoms with E-state index < -0.39 is 0 Å². The number of benzene rings is 2. The quantitative estimate of drug-likeness (QED) is 0.505. The van der Waals surface area contributed by atoms with Crippen LogP contribution in [0, 0.1) is 0 Å². The van der Waals surface area contributed by atoms with Gasteiger partial charge in [-0.1, -0.05) is 23.5 Å². The number of anilines is 1. The summed E-state index contributed by atoms with van der Waals surface area (Å²) in [6, 6.07) is 13.4. The summed E-state index contributed by atoms with van der Waals surface area (Å²) in [6.45, 7) is 0. The minimum absolute atomic E-state index is 0.180. The van der Waals surface area contributed by atoms with Gasteiger partial charge in [0.15, 0.2) is 17.3 Å². The molecule has 7 nitrogen and oxygen atoms in total. The monoisotopic (exact) mass is 408 g/mol. The van der Waals surface area contributed by atoms with Crippen molar-refractivity contribution in [3.63, 3.8) is 0 Å². The minimum atomic E-state index is -0.180. The van der Waals surface area contributed by atoms with Crippen LogP contribution in [0.15, 0.2) is 47.3 Å². The maximum atomic E-state index is 12.8. The van der Waals surface area contributed by atoms with E-state index in [1.807, 2.05) is 55.4 Å². The zero-order chi connectivity index (χ0) is 20.5. The number of hydrogen-bond acceptors (Lipinski definition) is 7. The summed E-state index contributed by atoms with van der Waals surface area (Å²) in [7, 11) is 7.14. The topological polar surface area (TPSA) is 69.0 Å². The lowest BCUT2D eigenvalue weighted by Crippen LogP contribution is -2.23. The predicted molar refractivity (Wildman–Crippen MR) is 115 cm³/mol. The predicted octanol–water partition coefficient (Wildman–Crippen LogP) is 2.45. The van der Waals surface area contributed by atoms with Crippen molar-refractivity contribution >= 4 is 28.1 Å². The maximum Gasteiger partial charge on any atom is 0.291 e. The number of hydrogen-bond donors (Lipinski definition) is 0.